The summed E-state index contributed by atoms with van der Waals surface area (Å²) in [6.45, 7) is 0.526. The van der Waals surface area contributed by atoms with Crippen molar-refractivity contribution in [2.45, 2.75) is 6.54 Å². The Kier molecular flexibility index (Phi) is 3.20. The van der Waals surface area contributed by atoms with Crippen molar-refractivity contribution in [2.24, 2.45) is 0 Å². The molecule has 2 aromatic rings. The van der Waals surface area contributed by atoms with Crippen molar-refractivity contribution in [1.82, 2.24) is 4.98 Å². The summed E-state index contributed by atoms with van der Waals surface area (Å²) in [6, 6.07) is 4.43. The predicted molar refractivity (Wildman–Crippen MR) is 66.9 cm³/mol. The van der Waals surface area contributed by atoms with Crippen LogP contribution in [0.1, 0.15) is 5.01 Å². The number of nitrogens with zero attached hydrogens (tertiary/aromatic N) is 2. The lowest BCUT2D eigenvalue weighted by Crippen LogP contribution is -2.00. The van der Waals surface area contributed by atoms with Gasteiger partial charge in [-0.1, -0.05) is 0 Å². The third-order valence-corrected chi connectivity index (χ3v) is 2.86. The molecule has 17 heavy (non-hydrogen) atoms. The Morgan fingerprint density at radius 3 is 2.94 bits per heavy atom. The fourth-order valence-electron chi connectivity index (χ4n) is 1.36. The first-order chi connectivity index (χ1) is 8.15. The molecule has 0 amide bonds. The first kappa shape index (κ1) is 11.3. The maximum Gasteiger partial charge on any atom is 0.273 e. The minimum Gasteiger partial charge on any atom is -0.398 e. The minimum atomic E-state index is -0.467. The number of nitro benzene ring substituents is 1. The van der Waals surface area contributed by atoms with E-state index in [9.17, 15) is 10.1 Å². The quantitative estimate of drug-likeness (QED) is 0.493. The average molecular weight is 250 g/mol. The number of benzene rings is 1. The van der Waals surface area contributed by atoms with E-state index in [0.29, 0.717) is 17.9 Å². The van der Waals surface area contributed by atoms with Crippen LogP contribution >= 0.6 is 11.3 Å². The number of nitrogen functional groups attached to an aromatic ring is 1. The summed E-state index contributed by atoms with van der Waals surface area (Å²) < 4.78 is 0. The minimum absolute atomic E-state index is 0.0216. The molecule has 0 fully saturated rings. The molecule has 6 nitrogen and oxygen atoms in total. The predicted octanol–water partition coefficient (Wildman–Crippen LogP) is 2.25. The topological polar surface area (TPSA) is 94.1 Å². The molecule has 0 saturated carbocycles. The van der Waals surface area contributed by atoms with Crippen molar-refractivity contribution in [2.75, 3.05) is 11.1 Å². The van der Waals surface area contributed by atoms with Crippen LogP contribution in [0, 0.1) is 10.1 Å². The number of hydrogen-bond acceptors (Lipinski definition) is 6. The SMILES string of the molecule is Nc1cc(NCc2nccs2)cc([N+](=O)[O-])c1. The molecule has 1 aromatic heterocycles. The van der Waals surface area contributed by atoms with Gasteiger partial charge in [-0.2, -0.15) is 0 Å². The summed E-state index contributed by atoms with van der Waals surface area (Å²) in [5, 5.41) is 16.5. The van der Waals surface area contributed by atoms with Crippen LogP contribution in [0.4, 0.5) is 17.1 Å². The molecule has 0 unspecified atom stereocenters. The van der Waals surface area contributed by atoms with Crippen molar-refractivity contribution < 1.29 is 4.92 Å². The summed E-state index contributed by atoms with van der Waals surface area (Å²) in [6.07, 6.45) is 1.71. The Balaban J connectivity index is 2.13. The van der Waals surface area contributed by atoms with E-state index in [0.717, 1.165) is 5.01 Å². The van der Waals surface area contributed by atoms with Crippen LogP contribution in [-0.2, 0) is 6.54 Å². The molecule has 0 atom stereocenters. The molecule has 2 rings (SSSR count). The van der Waals surface area contributed by atoms with Crippen LogP contribution in [0.15, 0.2) is 29.8 Å². The molecule has 0 aliphatic carbocycles. The zero-order chi connectivity index (χ0) is 12.3. The molecule has 1 heterocycles. The van der Waals surface area contributed by atoms with Gasteiger partial charge in [-0.15, -0.1) is 11.3 Å². The van der Waals surface area contributed by atoms with Gasteiger partial charge in [-0.05, 0) is 6.07 Å². The Morgan fingerprint density at radius 2 is 2.29 bits per heavy atom. The van der Waals surface area contributed by atoms with Gasteiger partial charge >= 0.3 is 0 Å². The summed E-state index contributed by atoms with van der Waals surface area (Å²) in [5.74, 6) is 0. The van der Waals surface area contributed by atoms with Gasteiger partial charge < -0.3 is 11.1 Å². The lowest BCUT2D eigenvalue weighted by atomic mass is 10.2. The number of nitro groups is 1. The zero-order valence-electron chi connectivity index (χ0n) is 8.79. The third-order valence-electron chi connectivity index (χ3n) is 2.08. The lowest BCUT2D eigenvalue weighted by Gasteiger charge is -2.05. The third kappa shape index (κ3) is 2.91. The van der Waals surface area contributed by atoms with Gasteiger partial charge in [0.15, 0.2) is 0 Å². The van der Waals surface area contributed by atoms with Crippen LogP contribution in [0.25, 0.3) is 0 Å². The molecule has 3 N–H and O–H groups in total. The van der Waals surface area contributed by atoms with Gasteiger partial charge in [-0.25, -0.2) is 4.98 Å². The molecular weight excluding hydrogens is 240 g/mol. The lowest BCUT2D eigenvalue weighted by molar-refractivity contribution is -0.384. The van der Waals surface area contributed by atoms with Gasteiger partial charge in [0, 0.05) is 35.1 Å². The Bertz CT molecular complexity index is 527. The Hall–Kier alpha value is -2.15. The second kappa shape index (κ2) is 4.79. The molecular formula is C10H10N4O2S. The summed E-state index contributed by atoms with van der Waals surface area (Å²) in [5.41, 5.74) is 6.55. The van der Waals surface area contributed by atoms with Crippen LogP contribution in [-0.4, -0.2) is 9.91 Å². The van der Waals surface area contributed by atoms with E-state index in [2.05, 4.69) is 10.3 Å². The van der Waals surface area contributed by atoms with Crippen LogP contribution in [0.5, 0.6) is 0 Å². The molecule has 0 spiro atoms. The van der Waals surface area contributed by atoms with Gasteiger partial charge in [0.25, 0.3) is 5.69 Å². The number of aromatic nitrogens is 1. The molecule has 0 saturated heterocycles. The fraction of sp³-hybridized carbons (Fsp3) is 0.100. The number of non-ortho nitro benzene ring substituents is 1. The zero-order valence-corrected chi connectivity index (χ0v) is 9.61. The van der Waals surface area contributed by atoms with Crippen molar-refractivity contribution in [3.63, 3.8) is 0 Å². The molecule has 0 aliphatic rings. The maximum atomic E-state index is 10.7. The highest BCUT2D eigenvalue weighted by Crippen LogP contribution is 2.22. The van der Waals surface area contributed by atoms with Crippen LogP contribution in [0.3, 0.4) is 0 Å². The summed E-state index contributed by atoms with van der Waals surface area (Å²) in [4.78, 5) is 14.3. The van der Waals surface area contributed by atoms with Crippen molar-refractivity contribution in [3.8, 4) is 0 Å². The molecule has 0 radical (unpaired) electrons. The monoisotopic (exact) mass is 250 g/mol. The number of nitrogens with two attached hydrogens (primary N) is 1. The van der Waals surface area contributed by atoms with E-state index in [1.807, 2.05) is 5.38 Å². The smallest absolute Gasteiger partial charge is 0.273 e. The Morgan fingerprint density at radius 1 is 1.47 bits per heavy atom. The standard InChI is InChI=1S/C10H10N4O2S/c11-7-3-8(5-9(4-7)14(15)16)13-6-10-12-1-2-17-10/h1-5,13H,6,11H2. The van der Waals surface area contributed by atoms with Crippen LogP contribution in [0.2, 0.25) is 0 Å². The number of thiazole rings is 1. The van der Waals surface area contributed by atoms with E-state index < -0.39 is 4.92 Å². The van der Waals surface area contributed by atoms with Gasteiger partial charge in [0.1, 0.15) is 5.01 Å². The van der Waals surface area contributed by atoms with E-state index in [-0.39, 0.29) is 5.69 Å². The highest BCUT2D eigenvalue weighted by Gasteiger charge is 2.08. The highest BCUT2D eigenvalue weighted by atomic mass is 32.1. The average Bonchev–Trinajstić information content (AvgIpc) is 2.78. The van der Waals surface area contributed by atoms with E-state index in [1.54, 1.807) is 12.3 Å². The number of nitrogens with one attached hydrogen (secondary N) is 1. The van der Waals surface area contributed by atoms with Gasteiger partial charge in [0.05, 0.1) is 11.5 Å². The van der Waals surface area contributed by atoms with Gasteiger partial charge in [-0.3, -0.25) is 10.1 Å². The first-order valence-electron chi connectivity index (χ1n) is 4.82. The van der Waals surface area contributed by atoms with Crippen molar-refractivity contribution >= 4 is 28.4 Å². The highest BCUT2D eigenvalue weighted by molar-refractivity contribution is 7.09. The molecule has 1 aromatic carbocycles. The number of rotatable bonds is 4. The van der Waals surface area contributed by atoms with E-state index >= 15 is 0 Å². The molecule has 88 valence electrons. The van der Waals surface area contributed by atoms with Crippen LogP contribution < -0.4 is 11.1 Å². The number of anilines is 2. The van der Waals surface area contributed by atoms with E-state index in [4.69, 9.17) is 5.73 Å². The van der Waals surface area contributed by atoms with Gasteiger partial charge in [0.2, 0.25) is 0 Å². The summed E-state index contributed by atoms with van der Waals surface area (Å²) in [7, 11) is 0. The number of hydrogen-bond donors (Lipinski definition) is 2. The molecule has 0 aliphatic heterocycles. The Labute approximate surface area is 101 Å². The second-order valence-electron chi connectivity index (χ2n) is 3.35. The molecule has 7 heteroatoms. The van der Waals surface area contributed by atoms with Crippen molar-refractivity contribution in [1.29, 1.82) is 0 Å². The second-order valence-corrected chi connectivity index (χ2v) is 4.33. The largest absolute Gasteiger partial charge is 0.398 e. The maximum absolute atomic E-state index is 10.7. The normalized spacial score (nSPS) is 10.1. The fourth-order valence-corrected chi connectivity index (χ4v) is 1.92. The first-order valence-corrected chi connectivity index (χ1v) is 5.70. The van der Waals surface area contributed by atoms with Crippen molar-refractivity contribution in [3.05, 3.63) is 44.9 Å². The molecule has 0 bridgehead atoms. The summed E-state index contributed by atoms with van der Waals surface area (Å²) >= 11 is 1.52. The van der Waals surface area contributed by atoms with E-state index in [1.165, 1.54) is 23.5 Å².